The number of esters is 1. The Morgan fingerprint density at radius 2 is 1.92 bits per heavy atom. The van der Waals surface area contributed by atoms with Crippen LogP contribution in [0.4, 0.5) is 0 Å². The van der Waals surface area contributed by atoms with E-state index >= 15 is 0 Å². The highest BCUT2D eigenvalue weighted by Crippen LogP contribution is 2.35. The minimum atomic E-state index is -0.690. The van der Waals surface area contributed by atoms with Crippen LogP contribution < -0.4 is 14.9 Å². The molecule has 4 aromatic rings. The van der Waals surface area contributed by atoms with E-state index < -0.39 is 12.0 Å². The number of hydrogen-bond donors (Lipinski definition) is 0. The molecule has 0 unspecified atom stereocenters. The van der Waals surface area contributed by atoms with Gasteiger partial charge in [-0.3, -0.25) is 9.36 Å². The summed E-state index contributed by atoms with van der Waals surface area (Å²) in [5, 5.41) is 0. The number of thioether (sulfide) groups is 1. The second-order valence-electron chi connectivity index (χ2n) is 7.85. The van der Waals surface area contributed by atoms with Crippen LogP contribution in [-0.4, -0.2) is 23.4 Å². The largest absolute Gasteiger partial charge is 0.463 e. The third kappa shape index (κ3) is 4.74. The summed E-state index contributed by atoms with van der Waals surface area (Å²) in [5.74, 6) is 0.0901. The molecule has 0 amide bonds. The number of carbonyl (C=O) groups is 1. The van der Waals surface area contributed by atoms with Crippen molar-refractivity contribution in [2.75, 3.05) is 12.9 Å². The summed E-state index contributed by atoms with van der Waals surface area (Å²) in [6, 6.07) is 20.4. The molecule has 0 bridgehead atoms. The molecule has 1 aliphatic rings. The summed E-state index contributed by atoms with van der Waals surface area (Å²) in [6.45, 7) is 1.98. The molecule has 9 heteroatoms. The fourth-order valence-electron chi connectivity index (χ4n) is 4.08. The number of benzene rings is 2. The van der Waals surface area contributed by atoms with Gasteiger partial charge in [-0.25, -0.2) is 9.79 Å². The van der Waals surface area contributed by atoms with Crippen molar-refractivity contribution in [3.05, 3.63) is 113 Å². The second kappa shape index (κ2) is 10.6. The predicted molar refractivity (Wildman–Crippen MR) is 151 cm³/mol. The predicted octanol–water partition coefficient (Wildman–Crippen LogP) is 4.86. The highest BCUT2D eigenvalue weighted by Gasteiger charge is 2.35. The van der Waals surface area contributed by atoms with Gasteiger partial charge in [0, 0.05) is 16.5 Å². The summed E-state index contributed by atoms with van der Waals surface area (Å²) in [5.41, 5.74) is 2.20. The lowest BCUT2D eigenvalue weighted by Crippen LogP contribution is -2.40. The Kier molecular flexibility index (Phi) is 7.31. The molecule has 36 heavy (non-hydrogen) atoms. The molecular formula is C27H21IN2O4S2. The van der Waals surface area contributed by atoms with Crippen LogP contribution in [0.15, 0.2) is 91.4 Å². The summed E-state index contributed by atoms with van der Waals surface area (Å²) in [7, 11) is 0. The number of thiazole rings is 1. The van der Waals surface area contributed by atoms with Gasteiger partial charge >= 0.3 is 5.97 Å². The average molecular weight is 629 g/mol. The van der Waals surface area contributed by atoms with Gasteiger partial charge in [-0.05, 0) is 65.6 Å². The maximum absolute atomic E-state index is 13.8. The number of hydrogen-bond acceptors (Lipinski definition) is 7. The van der Waals surface area contributed by atoms with Crippen molar-refractivity contribution in [1.29, 1.82) is 0 Å². The van der Waals surface area contributed by atoms with Gasteiger partial charge in [0.05, 0.1) is 28.5 Å². The molecule has 0 radical (unpaired) electrons. The van der Waals surface area contributed by atoms with E-state index in [1.54, 1.807) is 29.3 Å². The van der Waals surface area contributed by atoms with Gasteiger partial charge in [0.15, 0.2) is 8.57 Å². The molecule has 6 nitrogen and oxygen atoms in total. The quantitative estimate of drug-likeness (QED) is 0.174. The van der Waals surface area contributed by atoms with E-state index in [0.29, 0.717) is 26.4 Å². The van der Waals surface area contributed by atoms with Crippen LogP contribution in [0.25, 0.3) is 11.8 Å². The minimum absolute atomic E-state index is 0.212. The summed E-state index contributed by atoms with van der Waals surface area (Å²) < 4.78 is 14.0. The van der Waals surface area contributed by atoms with Crippen molar-refractivity contribution in [1.82, 2.24) is 4.57 Å². The van der Waals surface area contributed by atoms with E-state index in [0.717, 1.165) is 19.8 Å². The smallest absolute Gasteiger partial charge is 0.338 e. The monoisotopic (exact) mass is 628 g/mol. The number of rotatable bonds is 6. The van der Waals surface area contributed by atoms with Gasteiger partial charge in [0.2, 0.25) is 0 Å². The molecule has 0 spiro atoms. The Morgan fingerprint density at radius 1 is 1.17 bits per heavy atom. The Hall–Kier alpha value is -2.89. The standard InChI is InChI=1S/C27H21IN2O4S2/c1-3-33-26(32)22-23(16-7-5-4-6-8-16)29-27-30(24(22)17-9-12-19(35-2)13-10-17)25(31)20(36-27)15-18-11-14-21(28)34-18/h4-15,24H,3H2,1-2H3/b20-15-/t24-/m1/s1. The number of aromatic nitrogens is 1. The SMILES string of the molecule is CCOC(=O)C1=C(c2ccccc2)N=c2s/c(=C\c3ccc(I)o3)c(=O)n2[C@@H]1c1ccc(SC)cc1. The Morgan fingerprint density at radius 3 is 2.56 bits per heavy atom. The summed E-state index contributed by atoms with van der Waals surface area (Å²) in [6.07, 6.45) is 3.72. The molecule has 1 aliphatic heterocycles. The summed E-state index contributed by atoms with van der Waals surface area (Å²) >= 11 is 4.99. The second-order valence-corrected chi connectivity index (χ2v) is 10.8. The lowest BCUT2D eigenvalue weighted by molar-refractivity contribution is -0.138. The number of fused-ring (bicyclic) bond motifs is 1. The highest BCUT2D eigenvalue weighted by molar-refractivity contribution is 14.1. The zero-order chi connectivity index (χ0) is 25.2. The van der Waals surface area contributed by atoms with Crippen LogP contribution in [-0.2, 0) is 9.53 Å². The van der Waals surface area contributed by atoms with Crippen molar-refractivity contribution in [2.24, 2.45) is 4.99 Å². The van der Waals surface area contributed by atoms with Crippen LogP contribution >= 0.6 is 45.7 Å². The molecule has 5 rings (SSSR count). The first kappa shape index (κ1) is 24.8. The molecule has 2 aromatic carbocycles. The van der Waals surface area contributed by atoms with Crippen LogP contribution in [0.2, 0.25) is 0 Å². The Bertz CT molecular complexity index is 1630. The van der Waals surface area contributed by atoms with E-state index in [1.165, 1.54) is 11.3 Å². The molecule has 2 aromatic heterocycles. The fourth-order valence-corrected chi connectivity index (χ4v) is 5.90. The molecule has 0 aliphatic carbocycles. The van der Waals surface area contributed by atoms with Crippen LogP contribution in [0.5, 0.6) is 0 Å². The van der Waals surface area contributed by atoms with Crippen molar-refractivity contribution < 1.29 is 13.9 Å². The van der Waals surface area contributed by atoms with E-state index in [1.807, 2.05) is 73.0 Å². The maximum Gasteiger partial charge on any atom is 0.338 e. The van der Waals surface area contributed by atoms with E-state index in [-0.39, 0.29) is 12.2 Å². The van der Waals surface area contributed by atoms with Crippen LogP contribution in [0.1, 0.15) is 29.9 Å². The topological polar surface area (TPSA) is 73.8 Å². The van der Waals surface area contributed by atoms with Gasteiger partial charge in [-0.15, -0.1) is 11.8 Å². The van der Waals surface area contributed by atoms with Crippen molar-refractivity contribution in [3.8, 4) is 0 Å². The third-order valence-electron chi connectivity index (χ3n) is 5.67. The first-order valence-electron chi connectivity index (χ1n) is 11.2. The van der Waals surface area contributed by atoms with Crippen molar-refractivity contribution in [3.63, 3.8) is 0 Å². The van der Waals surface area contributed by atoms with E-state index in [4.69, 9.17) is 14.1 Å². The molecular weight excluding hydrogens is 607 g/mol. The Balaban J connectivity index is 1.82. The molecule has 0 N–H and O–H groups in total. The van der Waals surface area contributed by atoms with E-state index in [9.17, 15) is 9.59 Å². The molecule has 182 valence electrons. The van der Waals surface area contributed by atoms with Crippen LogP contribution in [0.3, 0.4) is 0 Å². The minimum Gasteiger partial charge on any atom is -0.463 e. The van der Waals surface area contributed by atoms with Crippen molar-refractivity contribution >= 4 is 63.4 Å². The van der Waals surface area contributed by atoms with Crippen molar-refractivity contribution in [2.45, 2.75) is 17.9 Å². The van der Waals surface area contributed by atoms with Gasteiger partial charge in [0.1, 0.15) is 5.76 Å². The normalized spacial score (nSPS) is 15.5. The zero-order valence-electron chi connectivity index (χ0n) is 19.4. The number of ether oxygens (including phenoxy) is 1. The first-order valence-corrected chi connectivity index (χ1v) is 14.3. The van der Waals surface area contributed by atoms with E-state index in [2.05, 4.69) is 22.6 Å². The van der Waals surface area contributed by atoms with Gasteiger partial charge < -0.3 is 9.15 Å². The third-order valence-corrected chi connectivity index (χ3v) is 7.98. The maximum atomic E-state index is 13.8. The molecule has 1 atom stereocenters. The summed E-state index contributed by atoms with van der Waals surface area (Å²) in [4.78, 5) is 33.6. The average Bonchev–Trinajstić information content (AvgIpc) is 3.45. The molecule has 0 saturated heterocycles. The molecule has 0 fully saturated rings. The van der Waals surface area contributed by atoms with Gasteiger partial charge in [0.25, 0.3) is 5.56 Å². The number of furan rings is 1. The molecule has 3 heterocycles. The zero-order valence-corrected chi connectivity index (χ0v) is 23.2. The number of nitrogens with zero attached hydrogens (tertiary/aromatic N) is 2. The Labute approximate surface area is 229 Å². The number of carbonyl (C=O) groups excluding carboxylic acids is 1. The lowest BCUT2D eigenvalue weighted by atomic mass is 9.93. The van der Waals surface area contributed by atoms with Gasteiger partial charge in [-0.2, -0.15) is 0 Å². The highest BCUT2D eigenvalue weighted by atomic mass is 127. The first-order chi connectivity index (χ1) is 17.5. The lowest BCUT2D eigenvalue weighted by Gasteiger charge is -2.26. The van der Waals surface area contributed by atoms with Crippen LogP contribution in [0, 0.1) is 3.77 Å². The molecule has 0 saturated carbocycles. The van der Waals surface area contributed by atoms with Gasteiger partial charge in [-0.1, -0.05) is 53.8 Å². The fraction of sp³-hybridized carbons (Fsp3) is 0.148. The number of halogens is 1.